The maximum Gasteiger partial charge on any atom is 0.00841 e. The molecule has 1 aliphatic heterocycles. The van der Waals surface area contributed by atoms with Crippen molar-refractivity contribution < 1.29 is 0 Å². The summed E-state index contributed by atoms with van der Waals surface area (Å²) in [6, 6.07) is 0.824. The minimum atomic E-state index is 0.512. The van der Waals surface area contributed by atoms with Crippen molar-refractivity contribution in [3.63, 3.8) is 0 Å². The second-order valence-corrected chi connectivity index (χ2v) is 4.20. The van der Waals surface area contributed by atoms with Gasteiger partial charge >= 0.3 is 0 Å². The van der Waals surface area contributed by atoms with Gasteiger partial charge < -0.3 is 5.32 Å². The van der Waals surface area contributed by atoms with Gasteiger partial charge in [-0.3, -0.25) is 0 Å². The fourth-order valence-corrected chi connectivity index (χ4v) is 1.26. The number of hydrogen-bond acceptors (Lipinski definition) is 1. The summed E-state index contributed by atoms with van der Waals surface area (Å²) < 4.78 is 0. The normalized spacial score (nSPS) is 27.7. The van der Waals surface area contributed by atoms with Crippen molar-refractivity contribution in [2.75, 3.05) is 6.54 Å². The van der Waals surface area contributed by atoms with E-state index in [2.05, 4.69) is 26.1 Å². The SMILES string of the molecule is CC(C)(C)C[C@@H]1CCN1. The fourth-order valence-electron chi connectivity index (χ4n) is 1.26. The molecule has 0 aromatic carbocycles. The Morgan fingerprint density at radius 2 is 2.00 bits per heavy atom. The highest BCUT2D eigenvalue weighted by atomic mass is 15.0. The van der Waals surface area contributed by atoms with Gasteiger partial charge in [0, 0.05) is 6.04 Å². The van der Waals surface area contributed by atoms with Gasteiger partial charge in [-0.05, 0) is 24.8 Å². The van der Waals surface area contributed by atoms with E-state index >= 15 is 0 Å². The maximum atomic E-state index is 3.40. The van der Waals surface area contributed by atoms with E-state index in [9.17, 15) is 0 Å². The first-order chi connectivity index (χ1) is 4.08. The van der Waals surface area contributed by atoms with Crippen LogP contribution in [0.1, 0.15) is 33.6 Å². The topological polar surface area (TPSA) is 12.0 Å². The van der Waals surface area contributed by atoms with E-state index in [0.717, 1.165) is 6.04 Å². The molecule has 1 N–H and O–H groups in total. The molecule has 1 heteroatoms. The van der Waals surface area contributed by atoms with Gasteiger partial charge in [0.25, 0.3) is 0 Å². The van der Waals surface area contributed by atoms with E-state index in [4.69, 9.17) is 0 Å². The average molecular weight is 127 g/mol. The van der Waals surface area contributed by atoms with E-state index in [1.54, 1.807) is 0 Å². The molecule has 0 spiro atoms. The second kappa shape index (κ2) is 2.30. The Morgan fingerprint density at radius 3 is 2.11 bits per heavy atom. The van der Waals surface area contributed by atoms with Gasteiger partial charge in [0.2, 0.25) is 0 Å². The minimum Gasteiger partial charge on any atom is -0.314 e. The third-order valence-corrected chi connectivity index (χ3v) is 1.78. The highest BCUT2D eigenvalue weighted by Gasteiger charge is 2.22. The minimum absolute atomic E-state index is 0.512. The number of rotatable bonds is 1. The molecule has 1 atom stereocenters. The summed E-state index contributed by atoms with van der Waals surface area (Å²) in [7, 11) is 0. The van der Waals surface area contributed by atoms with Gasteiger partial charge in [-0.1, -0.05) is 20.8 Å². The van der Waals surface area contributed by atoms with Crippen LogP contribution >= 0.6 is 0 Å². The Balaban J connectivity index is 2.16. The van der Waals surface area contributed by atoms with Gasteiger partial charge in [0.1, 0.15) is 0 Å². The molecule has 1 rings (SSSR count). The van der Waals surface area contributed by atoms with Crippen LogP contribution in [0.15, 0.2) is 0 Å². The molecule has 1 fully saturated rings. The van der Waals surface area contributed by atoms with E-state index in [-0.39, 0.29) is 0 Å². The first-order valence-electron chi connectivity index (χ1n) is 3.81. The lowest BCUT2D eigenvalue weighted by Gasteiger charge is -2.33. The number of nitrogens with one attached hydrogen (secondary N) is 1. The molecule has 0 aromatic rings. The molecule has 0 saturated carbocycles. The van der Waals surface area contributed by atoms with Crippen LogP contribution in [0.2, 0.25) is 0 Å². The van der Waals surface area contributed by atoms with Crippen LogP contribution < -0.4 is 5.32 Å². The van der Waals surface area contributed by atoms with Crippen LogP contribution in [-0.2, 0) is 0 Å². The van der Waals surface area contributed by atoms with Gasteiger partial charge in [-0.2, -0.15) is 0 Å². The lowest BCUT2D eigenvalue weighted by molar-refractivity contribution is 0.249. The summed E-state index contributed by atoms with van der Waals surface area (Å²) in [5.74, 6) is 0. The molecule has 1 heterocycles. The third kappa shape index (κ3) is 2.35. The van der Waals surface area contributed by atoms with Crippen molar-refractivity contribution >= 4 is 0 Å². The molecule has 0 aromatic heterocycles. The largest absolute Gasteiger partial charge is 0.314 e. The maximum absolute atomic E-state index is 3.40. The average Bonchev–Trinajstić information content (AvgIpc) is 1.53. The van der Waals surface area contributed by atoms with E-state index in [0.29, 0.717) is 5.41 Å². The van der Waals surface area contributed by atoms with Crippen LogP contribution in [0.4, 0.5) is 0 Å². The highest BCUT2D eigenvalue weighted by molar-refractivity contribution is 4.81. The molecule has 0 bridgehead atoms. The molecular weight excluding hydrogens is 110 g/mol. The van der Waals surface area contributed by atoms with Crippen molar-refractivity contribution in [1.82, 2.24) is 5.32 Å². The molecule has 9 heavy (non-hydrogen) atoms. The van der Waals surface area contributed by atoms with E-state index in [1.165, 1.54) is 19.4 Å². The molecule has 0 radical (unpaired) electrons. The lowest BCUT2D eigenvalue weighted by Crippen LogP contribution is -2.44. The van der Waals surface area contributed by atoms with Crippen molar-refractivity contribution in [3.8, 4) is 0 Å². The predicted octanol–water partition coefficient (Wildman–Crippen LogP) is 1.78. The number of hydrogen-bond donors (Lipinski definition) is 1. The zero-order valence-electron chi connectivity index (χ0n) is 6.70. The standard InChI is InChI=1S/C8H17N/c1-8(2,3)6-7-4-5-9-7/h7,9H,4-6H2,1-3H3/t7-/m0/s1. The van der Waals surface area contributed by atoms with Crippen molar-refractivity contribution in [1.29, 1.82) is 0 Å². The molecule has 0 aliphatic carbocycles. The first-order valence-corrected chi connectivity index (χ1v) is 3.81. The van der Waals surface area contributed by atoms with Crippen LogP contribution in [0.25, 0.3) is 0 Å². The highest BCUT2D eigenvalue weighted by Crippen LogP contribution is 2.24. The monoisotopic (exact) mass is 127 g/mol. The summed E-state index contributed by atoms with van der Waals surface area (Å²) in [5.41, 5.74) is 0.512. The summed E-state index contributed by atoms with van der Waals surface area (Å²) >= 11 is 0. The van der Waals surface area contributed by atoms with Crippen molar-refractivity contribution in [2.45, 2.75) is 39.7 Å². The first kappa shape index (κ1) is 7.07. The van der Waals surface area contributed by atoms with Crippen LogP contribution in [0.5, 0.6) is 0 Å². The van der Waals surface area contributed by atoms with Crippen LogP contribution in [0, 0.1) is 5.41 Å². The molecule has 0 amide bonds. The van der Waals surface area contributed by atoms with Crippen molar-refractivity contribution in [2.24, 2.45) is 5.41 Å². The third-order valence-electron chi connectivity index (χ3n) is 1.78. The zero-order valence-corrected chi connectivity index (χ0v) is 6.70. The molecule has 1 nitrogen and oxygen atoms in total. The molecule has 54 valence electrons. The lowest BCUT2D eigenvalue weighted by atomic mass is 9.85. The summed E-state index contributed by atoms with van der Waals surface area (Å²) in [4.78, 5) is 0. The fraction of sp³-hybridized carbons (Fsp3) is 1.00. The van der Waals surface area contributed by atoms with Gasteiger partial charge in [0.15, 0.2) is 0 Å². The van der Waals surface area contributed by atoms with E-state index in [1.807, 2.05) is 0 Å². The Labute approximate surface area is 57.8 Å². The smallest absolute Gasteiger partial charge is 0.00841 e. The predicted molar refractivity (Wildman–Crippen MR) is 40.5 cm³/mol. The molecular formula is C8H17N. The second-order valence-electron chi connectivity index (χ2n) is 4.20. The molecule has 0 unspecified atom stereocenters. The molecule has 1 aliphatic rings. The van der Waals surface area contributed by atoms with Crippen LogP contribution in [0.3, 0.4) is 0 Å². The Bertz CT molecular complexity index is 87.2. The summed E-state index contributed by atoms with van der Waals surface area (Å²) in [6.07, 6.45) is 2.71. The van der Waals surface area contributed by atoms with Crippen LogP contribution in [-0.4, -0.2) is 12.6 Å². The van der Waals surface area contributed by atoms with Gasteiger partial charge in [-0.25, -0.2) is 0 Å². The summed E-state index contributed by atoms with van der Waals surface area (Å²) in [6.45, 7) is 8.13. The quantitative estimate of drug-likeness (QED) is 0.566. The van der Waals surface area contributed by atoms with Gasteiger partial charge in [-0.15, -0.1) is 0 Å². The molecule has 1 saturated heterocycles. The van der Waals surface area contributed by atoms with E-state index < -0.39 is 0 Å². The Kier molecular flexibility index (Phi) is 1.80. The Morgan fingerprint density at radius 1 is 1.44 bits per heavy atom. The van der Waals surface area contributed by atoms with Crippen molar-refractivity contribution in [3.05, 3.63) is 0 Å². The van der Waals surface area contributed by atoms with Gasteiger partial charge in [0.05, 0.1) is 0 Å². The Hall–Kier alpha value is -0.0400. The zero-order chi connectivity index (χ0) is 6.91. The summed E-state index contributed by atoms with van der Waals surface area (Å²) in [5, 5.41) is 3.40.